The summed E-state index contributed by atoms with van der Waals surface area (Å²) in [5, 5.41) is 5.81. The molecule has 0 bridgehead atoms. The minimum absolute atomic E-state index is 0.128. The summed E-state index contributed by atoms with van der Waals surface area (Å²) in [6, 6.07) is 5.34. The maximum atomic E-state index is 13.5. The van der Waals surface area contributed by atoms with Crippen molar-refractivity contribution in [1.82, 2.24) is 10.6 Å². The monoisotopic (exact) mass is 317 g/mol. The third kappa shape index (κ3) is 5.68. The Morgan fingerprint density at radius 3 is 2.57 bits per heavy atom. The highest BCUT2D eigenvalue weighted by Gasteiger charge is 2.18. The van der Waals surface area contributed by atoms with Crippen LogP contribution in [0.15, 0.2) is 34.2 Å². The summed E-state index contributed by atoms with van der Waals surface area (Å²) >= 11 is 0. The van der Waals surface area contributed by atoms with Gasteiger partial charge in [-0.25, -0.2) is 12.8 Å². The molecule has 1 rings (SSSR count). The Balaban J connectivity index is 2.53. The molecule has 0 radical (unpaired) electrons. The molecule has 1 aromatic carbocycles. The van der Waals surface area contributed by atoms with Gasteiger partial charge in [0.15, 0.2) is 15.8 Å². The van der Waals surface area contributed by atoms with Crippen LogP contribution in [0.4, 0.5) is 4.39 Å². The van der Waals surface area contributed by atoms with E-state index in [1.54, 1.807) is 14.2 Å². The van der Waals surface area contributed by atoms with Gasteiger partial charge in [0.25, 0.3) is 0 Å². The van der Waals surface area contributed by atoms with Crippen LogP contribution >= 0.6 is 0 Å². The van der Waals surface area contributed by atoms with Crippen LogP contribution in [0.2, 0.25) is 0 Å². The average molecular weight is 317 g/mol. The molecule has 1 aromatic rings. The van der Waals surface area contributed by atoms with Gasteiger partial charge < -0.3 is 15.4 Å². The van der Waals surface area contributed by atoms with E-state index >= 15 is 0 Å². The highest BCUT2D eigenvalue weighted by Crippen LogP contribution is 2.14. The van der Waals surface area contributed by atoms with Crippen molar-refractivity contribution in [2.45, 2.75) is 4.90 Å². The van der Waals surface area contributed by atoms with Crippen LogP contribution in [0.3, 0.4) is 0 Å². The number of benzene rings is 1. The molecule has 0 heterocycles. The molecular formula is C13H20FN3O3S. The summed E-state index contributed by atoms with van der Waals surface area (Å²) in [6.07, 6.45) is 0. The molecule has 0 amide bonds. The van der Waals surface area contributed by atoms with Crippen molar-refractivity contribution in [3.8, 4) is 0 Å². The molecule has 8 heteroatoms. The molecule has 0 aliphatic carbocycles. The first kappa shape index (κ1) is 17.4. The molecule has 0 spiro atoms. The van der Waals surface area contributed by atoms with Gasteiger partial charge >= 0.3 is 0 Å². The Morgan fingerprint density at radius 2 is 1.95 bits per heavy atom. The summed E-state index contributed by atoms with van der Waals surface area (Å²) in [4.78, 5) is 3.66. The zero-order valence-electron chi connectivity index (χ0n) is 12.1. The quantitative estimate of drug-likeness (QED) is 0.433. The normalized spacial score (nSPS) is 12.2. The molecule has 0 aliphatic rings. The van der Waals surface area contributed by atoms with Gasteiger partial charge in [-0.2, -0.15) is 0 Å². The molecule has 118 valence electrons. The van der Waals surface area contributed by atoms with Crippen LogP contribution in [0.5, 0.6) is 0 Å². The lowest BCUT2D eigenvalue weighted by atomic mass is 10.3. The molecule has 0 saturated heterocycles. The van der Waals surface area contributed by atoms with E-state index in [2.05, 4.69) is 15.6 Å². The van der Waals surface area contributed by atoms with E-state index < -0.39 is 15.7 Å². The largest absolute Gasteiger partial charge is 0.383 e. The fourth-order valence-corrected chi connectivity index (χ4v) is 2.84. The lowest BCUT2D eigenvalue weighted by molar-refractivity contribution is 0.203. The van der Waals surface area contributed by atoms with E-state index in [-0.39, 0.29) is 17.2 Å². The first-order valence-corrected chi connectivity index (χ1v) is 8.07. The summed E-state index contributed by atoms with van der Waals surface area (Å²) in [5.74, 6) is -0.491. The van der Waals surface area contributed by atoms with E-state index in [4.69, 9.17) is 4.74 Å². The molecule has 0 aliphatic heterocycles. The number of ether oxygens (including phenoxy) is 1. The van der Waals surface area contributed by atoms with Gasteiger partial charge in [0.2, 0.25) is 0 Å². The summed E-state index contributed by atoms with van der Waals surface area (Å²) in [6.45, 7) is 1.19. The van der Waals surface area contributed by atoms with Gasteiger partial charge in [-0.3, -0.25) is 4.99 Å². The van der Waals surface area contributed by atoms with E-state index in [1.807, 2.05) is 0 Å². The average Bonchev–Trinajstić information content (AvgIpc) is 2.46. The van der Waals surface area contributed by atoms with Crippen LogP contribution in [0, 0.1) is 5.82 Å². The van der Waals surface area contributed by atoms with Crippen molar-refractivity contribution in [3.05, 3.63) is 30.1 Å². The summed E-state index contributed by atoms with van der Waals surface area (Å²) < 4.78 is 42.4. The van der Waals surface area contributed by atoms with Crippen LogP contribution in [0.25, 0.3) is 0 Å². The molecule has 0 atom stereocenters. The standard InChI is InChI=1S/C13H20FN3O3S/c1-15-13(16-7-9-20-2)17-8-10-21(18,19)12-6-4-3-5-11(12)14/h3-6H,7-10H2,1-2H3,(H2,15,16,17). The second-order valence-electron chi connectivity index (χ2n) is 4.17. The molecule has 2 N–H and O–H groups in total. The van der Waals surface area contributed by atoms with Crippen molar-refractivity contribution in [1.29, 1.82) is 0 Å². The highest BCUT2D eigenvalue weighted by molar-refractivity contribution is 7.91. The molecule has 0 aromatic heterocycles. The third-order valence-corrected chi connectivity index (χ3v) is 4.40. The molecule has 6 nitrogen and oxygen atoms in total. The second-order valence-corrected chi connectivity index (χ2v) is 6.25. The maximum Gasteiger partial charge on any atom is 0.191 e. The topological polar surface area (TPSA) is 79.8 Å². The number of halogens is 1. The smallest absolute Gasteiger partial charge is 0.191 e. The van der Waals surface area contributed by atoms with E-state index in [0.29, 0.717) is 19.1 Å². The molecular weight excluding hydrogens is 297 g/mol. The van der Waals surface area contributed by atoms with Crippen molar-refractivity contribution in [2.24, 2.45) is 4.99 Å². The minimum atomic E-state index is -3.66. The number of guanidine groups is 1. The van der Waals surface area contributed by atoms with Crippen molar-refractivity contribution in [2.75, 3.05) is 39.6 Å². The number of hydrogen-bond acceptors (Lipinski definition) is 4. The van der Waals surface area contributed by atoms with E-state index in [1.165, 1.54) is 18.2 Å². The first-order valence-electron chi connectivity index (χ1n) is 6.42. The number of rotatable bonds is 7. The predicted octanol–water partition coefficient (Wildman–Crippen LogP) is 0.411. The van der Waals surface area contributed by atoms with Gasteiger partial charge in [0.1, 0.15) is 10.7 Å². The van der Waals surface area contributed by atoms with E-state index in [9.17, 15) is 12.8 Å². The Bertz CT molecular complexity index is 576. The van der Waals surface area contributed by atoms with E-state index in [0.717, 1.165) is 6.07 Å². The van der Waals surface area contributed by atoms with Crippen LogP contribution in [-0.2, 0) is 14.6 Å². The fourth-order valence-electron chi connectivity index (χ4n) is 1.60. The van der Waals surface area contributed by atoms with Gasteiger partial charge in [-0.05, 0) is 12.1 Å². The van der Waals surface area contributed by atoms with Gasteiger partial charge in [-0.1, -0.05) is 12.1 Å². The van der Waals surface area contributed by atoms with Crippen molar-refractivity contribution < 1.29 is 17.5 Å². The number of nitrogens with zero attached hydrogens (tertiary/aromatic N) is 1. The molecule has 0 unspecified atom stereocenters. The summed E-state index contributed by atoms with van der Waals surface area (Å²) in [7, 11) is -0.506. The zero-order valence-corrected chi connectivity index (χ0v) is 12.9. The highest BCUT2D eigenvalue weighted by atomic mass is 32.2. The first-order chi connectivity index (χ1) is 10.0. The van der Waals surface area contributed by atoms with Crippen LogP contribution in [-0.4, -0.2) is 54.0 Å². The van der Waals surface area contributed by atoms with Gasteiger partial charge in [-0.15, -0.1) is 0 Å². The maximum absolute atomic E-state index is 13.5. The lowest BCUT2D eigenvalue weighted by Gasteiger charge is -2.11. The van der Waals surface area contributed by atoms with Crippen LogP contribution < -0.4 is 10.6 Å². The number of methoxy groups -OCH3 is 1. The SMILES string of the molecule is CN=C(NCCOC)NCCS(=O)(=O)c1ccccc1F. The number of hydrogen-bond donors (Lipinski definition) is 2. The number of sulfone groups is 1. The fraction of sp³-hybridized carbons (Fsp3) is 0.462. The van der Waals surface area contributed by atoms with Gasteiger partial charge in [0, 0.05) is 27.2 Å². The Morgan fingerprint density at radius 1 is 1.29 bits per heavy atom. The van der Waals surface area contributed by atoms with Crippen molar-refractivity contribution in [3.63, 3.8) is 0 Å². The number of aliphatic imine (C=N–C) groups is 1. The Hall–Kier alpha value is -1.67. The lowest BCUT2D eigenvalue weighted by Crippen LogP contribution is -2.40. The molecule has 0 fully saturated rings. The summed E-state index contributed by atoms with van der Waals surface area (Å²) in [5.41, 5.74) is 0. The Labute approximate surface area is 124 Å². The second kappa shape index (κ2) is 8.58. The predicted molar refractivity (Wildman–Crippen MR) is 79.7 cm³/mol. The minimum Gasteiger partial charge on any atom is -0.383 e. The molecule has 0 saturated carbocycles. The van der Waals surface area contributed by atoms with Gasteiger partial charge in [0.05, 0.1) is 12.4 Å². The van der Waals surface area contributed by atoms with Crippen molar-refractivity contribution >= 4 is 15.8 Å². The Kier molecular flexibility index (Phi) is 7.10. The third-order valence-electron chi connectivity index (χ3n) is 2.66. The number of nitrogens with one attached hydrogen (secondary N) is 2. The van der Waals surface area contributed by atoms with Crippen LogP contribution in [0.1, 0.15) is 0 Å². The molecule has 21 heavy (non-hydrogen) atoms. The zero-order chi connectivity index (χ0) is 15.7.